The number of rotatable bonds is 3. The van der Waals surface area contributed by atoms with E-state index in [1.807, 2.05) is 0 Å². The highest BCUT2D eigenvalue weighted by atomic mass is 79.9. The van der Waals surface area contributed by atoms with Crippen LogP contribution in [0.15, 0.2) is 39.1 Å². The number of benzene rings is 1. The number of aromatic nitrogens is 3. The van der Waals surface area contributed by atoms with E-state index in [1.54, 1.807) is 23.9 Å². The Kier molecular flexibility index (Phi) is 3.43. The van der Waals surface area contributed by atoms with Crippen LogP contribution in [0.25, 0.3) is 0 Å². The van der Waals surface area contributed by atoms with E-state index in [0.717, 1.165) is 0 Å². The van der Waals surface area contributed by atoms with Gasteiger partial charge in [0.05, 0.1) is 9.82 Å². The van der Waals surface area contributed by atoms with Crippen molar-refractivity contribution in [2.75, 3.05) is 0 Å². The standard InChI is InChI=1S/C9H7BrN4O2S/c1-13-9(11-5-12-13)17-8-3-2-6(10)4-7(8)14(15)16/h2-5H,1H3. The first-order chi connectivity index (χ1) is 8.08. The lowest BCUT2D eigenvalue weighted by atomic mass is 10.3. The zero-order chi connectivity index (χ0) is 12.4. The number of nitro groups is 1. The first-order valence-corrected chi connectivity index (χ1v) is 6.14. The smallest absolute Gasteiger partial charge is 0.258 e. The molecule has 2 aromatic rings. The van der Waals surface area contributed by atoms with E-state index in [-0.39, 0.29) is 5.69 Å². The van der Waals surface area contributed by atoms with Gasteiger partial charge in [-0.05, 0) is 23.9 Å². The van der Waals surface area contributed by atoms with Gasteiger partial charge >= 0.3 is 0 Å². The molecule has 0 saturated carbocycles. The van der Waals surface area contributed by atoms with Gasteiger partial charge in [-0.1, -0.05) is 15.9 Å². The molecule has 88 valence electrons. The Morgan fingerprint density at radius 1 is 1.53 bits per heavy atom. The van der Waals surface area contributed by atoms with Crippen molar-refractivity contribution < 1.29 is 4.92 Å². The minimum absolute atomic E-state index is 0.0485. The van der Waals surface area contributed by atoms with E-state index < -0.39 is 4.92 Å². The second-order valence-electron chi connectivity index (χ2n) is 3.14. The normalized spacial score (nSPS) is 10.5. The van der Waals surface area contributed by atoms with Gasteiger partial charge in [0, 0.05) is 17.6 Å². The average Bonchev–Trinajstić information content (AvgIpc) is 2.67. The first-order valence-electron chi connectivity index (χ1n) is 4.53. The fourth-order valence-electron chi connectivity index (χ4n) is 1.20. The molecule has 1 aromatic heterocycles. The molecule has 0 unspecified atom stereocenters. The molecule has 0 fully saturated rings. The highest BCUT2D eigenvalue weighted by molar-refractivity contribution is 9.10. The Hall–Kier alpha value is -1.41. The summed E-state index contributed by atoms with van der Waals surface area (Å²) in [6.45, 7) is 0. The number of halogens is 1. The van der Waals surface area contributed by atoms with Crippen LogP contribution in [-0.4, -0.2) is 19.7 Å². The third-order valence-electron chi connectivity index (χ3n) is 1.99. The zero-order valence-corrected chi connectivity index (χ0v) is 11.1. The molecule has 0 atom stereocenters. The molecular formula is C9H7BrN4O2S. The Morgan fingerprint density at radius 3 is 2.88 bits per heavy atom. The molecule has 2 rings (SSSR count). The Balaban J connectivity index is 2.39. The quantitative estimate of drug-likeness (QED) is 0.643. The van der Waals surface area contributed by atoms with Crippen molar-refractivity contribution in [3.63, 3.8) is 0 Å². The van der Waals surface area contributed by atoms with Gasteiger partial charge < -0.3 is 0 Å². The minimum Gasteiger partial charge on any atom is -0.258 e. The number of aryl methyl sites for hydroxylation is 1. The van der Waals surface area contributed by atoms with Crippen LogP contribution in [0.3, 0.4) is 0 Å². The molecule has 0 amide bonds. The van der Waals surface area contributed by atoms with Crippen molar-refractivity contribution in [2.24, 2.45) is 7.05 Å². The Labute approximate surface area is 109 Å². The summed E-state index contributed by atoms with van der Waals surface area (Å²) in [4.78, 5) is 15.1. The number of nitro benzene ring substituents is 1. The van der Waals surface area contributed by atoms with E-state index in [1.165, 1.54) is 24.2 Å². The van der Waals surface area contributed by atoms with E-state index in [0.29, 0.717) is 14.5 Å². The highest BCUT2D eigenvalue weighted by Crippen LogP contribution is 2.35. The maximum absolute atomic E-state index is 10.9. The number of hydrogen-bond acceptors (Lipinski definition) is 5. The van der Waals surface area contributed by atoms with Gasteiger partial charge in [0.15, 0.2) is 5.16 Å². The van der Waals surface area contributed by atoms with Crippen LogP contribution in [-0.2, 0) is 7.05 Å². The van der Waals surface area contributed by atoms with Crippen LogP contribution in [0.2, 0.25) is 0 Å². The summed E-state index contributed by atoms with van der Waals surface area (Å²) in [7, 11) is 1.74. The van der Waals surface area contributed by atoms with Crippen molar-refractivity contribution in [1.82, 2.24) is 14.8 Å². The lowest BCUT2D eigenvalue weighted by Gasteiger charge is -2.02. The molecule has 6 nitrogen and oxygen atoms in total. The van der Waals surface area contributed by atoms with E-state index >= 15 is 0 Å². The van der Waals surface area contributed by atoms with E-state index in [4.69, 9.17) is 0 Å². The zero-order valence-electron chi connectivity index (χ0n) is 8.70. The van der Waals surface area contributed by atoms with Crippen LogP contribution >= 0.6 is 27.7 Å². The molecule has 1 heterocycles. The predicted molar refractivity (Wildman–Crippen MR) is 65.9 cm³/mol. The fourth-order valence-corrected chi connectivity index (χ4v) is 2.39. The Bertz CT molecular complexity index is 572. The molecule has 0 aliphatic heterocycles. The molecule has 0 bridgehead atoms. The average molecular weight is 315 g/mol. The second-order valence-corrected chi connectivity index (χ2v) is 5.06. The summed E-state index contributed by atoms with van der Waals surface area (Å²) in [5.41, 5.74) is 0.0485. The molecule has 0 N–H and O–H groups in total. The van der Waals surface area contributed by atoms with Crippen molar-refractivity contribution in [3.8, 4) is 0 Å². The van der Waals surface area contributed by atoms with Crippen molar-refractivity contribution >= 4 is 33.4 Å². The van der Waals surface area contributed by atoms with E-state index in [2.05, 4.69) is 26.0 Å². The molecule has 17 heavy (non-hydrogen) atoms. The van der Waals surface area contributed by atoms with E-state index in [9.17, 15) is 10.1 Å². The van der Waals surface area contributed by atoms with Gasteiger partial charge in [-0.15, -0.1) is 0 Å². The molecule has 0 spiro atoms. The predicted octanol–water partition coefficient (Wildman–Crippen LogP) is 2.64. The van der Waals surface area contributed by atoms with Gasteiger partial charge in [0.2, 0.25) is 0 Å². The topological polar surface area (TPSA) is 73.8 Å². The number of hydrogen-bond donors (Lipinski definition) is 0. The summed E-state index contributed by atoms with van der Waals surface area (Å²) < 4.78 is 2.24. The summed E-state index contributed by atoms with van der Waals surface area (Å²) in [5, 5.41) is 15.4. The maximum Gasteiger partial charge on any atom is 0.284 e. The second kappa shape index (κ2) is 4.84. The molecule has 0 aliphatic rings. The lowest BCUT2D eigenvalue weighted by Crippen LogP contribution is -1.95. The molecule has 0 aliphatic carbocycles. The summed E-state index contributed by atoms with van der Waals surface area (Å²) in [5.74, 6) is 0. The third-order valence-corrected chi connectivity index (χ3v) is 3.60. The van der Waals surface area contributed by atoms with Gasteiger partial charge in [0.1, 0.15) is 6.33 Å². The molecule has 0 radical (unpaired) electrons. The summed E-state index contributed by atoms with van der Waals surface area (Å²) >= 11 is 4.42. The van der Waals surface area contributed by atoms with Crippen LogP contribution in [0.1, 0.15) is 0 Å². The highest BCUT2D eigenvalue weighted by Gasteiger charge is 2.17. The van der Waals surface area contributed by atoms with Gasteiger partial charge in [-0.2, -0.15) is 5.10 Å². The molecule has 8 heteroatoms. The Morgan fingerprint density at radius 2 is 2.29 bits per heavy atom. The third kappa shape index (κ3) is 2.64. The lowest BCUT2D eigenvalue weighted by molar-refractivity contribution is -0.387. The maximum atomic E-state index is 10.9. The SMILES string of the molecule is Cn1ncnc1Sc1ccc(Br)cc1[N+](=O)[O-]. The first kappa shape index (κ1) is 12.1. The molecule has 0 saturated heterocycles. The monoisotopic (exact) mass is 314 g/mol. The molecular weight excluding hydrogens is 308 g/mol. The van der Waals surface area contributed by atoms with Gasteiger partial charge in [-0.25, -0.2) is 9.67 Å². The summed E-state index contributed by atoms with van der Waals surface area (Å²) in [6, 6.07) is 4.91. The van der Waals surface area contributed by atoms with Crippen LogP contribution in [0.5, 0.6) is 0 Å². The number of nitrogens with zero attached hydrogens (tertiary/aromatic N) is 4. The van der Waals surface area contributed by atoms with Crippen molar-refractivity contribution in [3.05, 3.63) is 39.1 Å². The minimum atomic E-state index is -0.413. The van der Waals surface area contributed by atoms with Crippen LogP contribution < -0.4 is 0 Å². The van der Waals surface area contributed by atoms with Crippen molar-refractivity contribution in [1.29, 1.82) is 0 Å². The van der Waals surface area contributed by atoms with Crippen LogP contribution in [0, 0.1) is 10.1 Å². The van der Waals surface area contributed by atoms with Crippen molar-refractivity contribution in [2.45, 2.75) is 10.1 Å². The largest absolute Gasteiger partial charge is 0.284 e. The molecule has 1 aromatic carbocycles. The van der Waals surface area contributed by atoms with Gasteiger partial charge in [-0.3, -0.25) is 10.1 Å². The van der Waals surface area contributed by atoms with Crippen LogP contribution in [0.4, 0.5) is 5.69 Å². The van der Waals surface area contributed by atoms with Gasteiger partial charge in [0.25, 0.3) is 5.69 Å². The fraction of sp³-hybridized carbons (Fsp3) is 0.111. The summed E-state index contributed by atoms with van der Waals surface area (Å²) in [6.07, 6.45) is 1.41.